The molecule has 3 rings (SSSR count). The van der Waals surface area contributed by atoms with Crippen LogP contribution in [0.25, 0.3) is 0 Å². The molecule has 0 bridgehead atoms. The molecule has 1 aliphatic carbocycles. The Hall–Kier alpha value is -2.04. The Morgan fingerprint density at radius 1 is 0.926 bits per heavy atom. The molecular weight excluding hydrogens is 356 g/mol. The average molecular weight is 383 g/mol. The molecule has 0 saturated carbocycles. The molecule has 0 aliphatic heterocycles. The first kappa shape index (κ1) is 19.7. The van der Waals surface area contributed by atoms with E-state index in [4.69, 9.17) is 17.3 Å². The molecule has 142 valence electrons. The van der Waals surface area contributed by atoms with Crippen LogP contribution in [-0.4, -0.2) is 21.0 Å². The minimum Gasteiger partial charge on any atom is -0.478 e. The van der Waals surface area contributed by atoms with Crippen molar-refractivity contribution in [2.24, 2.45) is 0 Å². The van der Waals surface area contributed by atoms with Crippen molar-refractivity contribution in [3.8, 4) is 0 Å². The molecule has 0 radical (unpaired) electrons. The zero-order valence-corrected chi connectivity index (χ0v) is 17.1. The van der Waals surface area contributed by atoms with Crippen LogP contribution in [0.3, 0.4) is 0 Å². The number of rotatable bonds is 4. The number of thiocarbonyl (C=S) groups is 1. The second kappa shape index (κ2) is 6.84. The van der Waals surface area contributed by atoms with Gasteiger partial charge in [0.15, 0.2) is 0 Å². The van der Waals surface area contributed by atoms with Crippen molar-refractivity contribution in [2.75, 3.05) is 0 Å². The summed E-state index contributed by atoms with van der Waals surface area (Å²) in [5.41, 5.74) is 4.46. The summed E-state index contributed by atoms with van der Waals surface area (Å²) in [7, 11) is 0. The third-order valence-corrected chi connectivity index (χ3v) is 6.32. The van der Waals surface area contributed by atoms with Gasteiger partial charge in [-0.15, -0.1) is 0 Å². The summed E-state index contributed by atoms with van der Waals surface area (Å²) in [6.07, 6.45) is 1.35. The van der Waals surface area contributed by atoms with Gasteiger partial charge in [0.25, 0.3) is 0 Å². The van der Waals surface area contributed by atoms with E-state index in [1.807, 2.05) is 6.07 Å². The van der Waals surface area contributed by atoms with Gasteiger partial charge in [-0.1, -0.05) is 70.2 Å². The van der Waals surface area contributed by atoms with Crippen LogP contribution in [0.1, 0.15) is 79.3 Å². The van der Waals surface area contributed by atoms with E-state index in [1.165, 1.54) is 23.3 Å². The zero-order valence-electron chi connectivity index (χ0n) is 16.2. The fourth-order valence-electron chi connectivity index (χ4n) is 3.86. The fourth-order valence-corrected chi connectivity index (χ4v) is 4.13. The molecule has 2 aromatic carbocycles. The highest BCUT2D eigenvalue weighted by Crippen LogP contribution is 2.46. The Balaban J connectivity index is 1.94. The van der Waals surface area contributed by atoms with Crippen LogP contribution < -0.4 is 0 Å². The summed E-state index contributed by atoms with van der Waals surface area (Å²) in [5, 5.41) is 19.9. The van der Waals surface area contributed by atoms with Crippen LogP contribution in [0.5, 0.6) is 0 Å². The number of carbonyl (C=O) groups is 1. The Bertz CT molecular complexity index is 894. The van der Waals surface area contributed by atoms with Crippen LogP contribution in [-0.2, 0) is 10.8 Å². The topological polar surface area (TPSA) is 57.5 Å². The predicted molar refractivity (Wildman–Crippen MR) is 112 cm³/mol. The first-order valence-electron chi connectivity index (χ1n) is 9.23. The van der Waals surface area contributed by atoms with Crippen molar-refractivity contribution in [3.63, 3.8) is 0 Å². The highest BCUT2D eigenvalue weighted by molar-refractivity contribution is 7.81. The number of carboxylic acids is 1. The second-order valence-electron chi connectivity index (χ2n) is 8.72. The highest BCUT2D eigenvalue weighted by atomic mass is 32.1. The van der Waals surface area contributed by atoms with E-state index in [0.29, 0.717) is 10.4 Å². The SMILES string of the molecule is CC1(C)CCC(C)(C)c2cc(C(O)C(=S)c3ccc(C(=O)O)cc3)ccc21. The number of benzene rings is 2. The van der Waals surface area contributed by atoms with Crippen molar-refractivity contribution < 1.29 is 15.0 Å². The summed E-state index contributed by atoms with van der Waals surface area (Å²) in [4.78, 5) is 11.4. The second-order valence-corrected chi connectivity index (χ2v) is 9.16. The monoisotopic (exact) mass is 382 g/mol. The quantitative estimate of drug-likeness (QED) is 0.565. The molecule has 1 aliphatic rings. The number of aromatic carboxylic acids is 1. The number of aliphatic hydroxyl groups is 1. The summed E-state index contributed by atoms with van der Waals surface area (Å²) in [5.74, 6) is -0.979. The number of hydrogen-bond acceptors (Lipinski definition) is 3. The maximum atomic E-state index is 11.0. The standard InChI is InChI=1S/C23H26O3S/c1-22(2)11-12-23(3,4)18-13-16(9-10-17(18)22)19(24)20(27)14-5-7-15(8-6-14)21(25)26/h5-10,13,19,24H,11-12H2,1-4H3,(H,25,26). The third kappa shape index (κ3) is 3.69. The molecule has 2 N–H and O–H groups in total. The maximum absolute atomic E-state index is 11.0. The van der Waals surface area contributed by atoms with Crippen molar-refractivity contribution in [2.45, 2.75) is 57.5 Å². The number of carboxylic acid groups (broad SMARTS) is 1. The zero-order chi connectivity index (χ0) is 20.0. The van der Waals surface area contributed by atoms with Crippen LogP contribution >= 0.6 is 12.2 Å². The van der Waals surface area contributed by atoms with E-state index < -0.39 is 12.1 Å². The smallest absolute Gasteiger partial charge is 0.335 e. The molecular formula is C23H26O3S. The molecule has 1 unspecified atom stereocenters. The lowest BCUT2D eigenvalue weighted by atomic mass is 9.63. The molecule has 0 heterocycles. The van der Waals surface area contributed by atoms with Crippen molar-refractivity contribution in [1.29, 1.82) is 0 Å². The van der Waals surface area contributed by atoms with E-state index in [9.17, 15) is 9.90 Å². The Morgan fingerprint density at radius 3 is 2.00 bits per heavy atom. The Labute approximate surface area is 166 Å². The van der Waals surface area contributed by atoms with Gasteiger partial charge < -0.3 is 10.2 Å². The summed E-state index contributed by atoms with van der Waals surface area (Å²) < 4.78 is 0. The van der Waals surface area contributed by atoms with Gasteiger partial charge in [-0.25, -0.2) is 4.79 Å². The molecule has 0 aromatic heterocycles. The molecule has 0 saturated heterocycles. The lowest BCUT2D eigenvalue weighted by molar-refractivity contribution is 0.0697. The summed E-state index contributed by atoms with van der Waals surface area (Å²) in [6, 6.07) is 12.5. The number of aliphatic hydroxyl groups excluding tert-OH is 1. The summed E-state index contributed by atoms with van der Waals surface area (Å²) >= 11 is 5.49. The van der Waals surface area contributed by atoms with E-state index in [1.54, 1.807) is 12.1 Å². The van der Waals surface area contributed by atoms with Gasteiger partial charge in [0.05, 0.1) is 10.4 Å². The minimum absolute atomic E-state index is 0.0609. The number of hydrogen-bond donors (Lipinski definition) is 2. The minimum atomic E-state index is -0.979. The molecule has 27 heavy (non-hydrogen) atoms. The van der Waals surface area contributed by atoms with Gasteiger partial charge in [-0.05, 0) is 58.1 Å². The van der Waals surface area contributed by atoms with Crippen LogP contribution in [0.2, 0.25) is 0 Å². The first-order chi connectivity index (χ1) is 12.5. The van der Waals surface area contributed by atoms with Crippen molar-refractivity contribution in [1.82, 2.24) is 0 Å². The van der Waals surface area contributed by atoms with Crippen molar-refractivity contribution >= 4 is 23.1 Å². The average Bonchev–Trinajstić information content (AvgIpc) is 2.64. The van der Waals surface area contributed by atoms with Gasteiger partial charge in [-0.2, -0.15) is 0 Å². The summed E-state index contributed by atoms with van der Waals surface area (Å²) in [6.45, 7) is 9.04. The van der Waals surface area contributed by atoms with Crippen LogP contribution in [0.15, 0.2) is 42.5 Å². The normalized spacial score (nSPS) is 18.4. The van der Waals surface area contributed by atoms with E-state index >= 15 is 0 Å². The highest BCUT2D eigenvalue weighted by Gasteiger charge is 2.37. The van der Waals surface area contributed by atoms with Gasteiger partial charge in [0.2, 0.25) is 0 Å². The first-order valence-corrected chi connectivity index (χ1v) is 9.64. The molecule has 3 nitrogen and oxygen atoms in total. The molecule has 4 heteroatoms. The largest absolute Gasteiger partial charge is 0.478 e. The fraction of sp³-hybridized carbons (Fsp3) is 0.391. The maximum Gasteiger partial charge on any atom is 0.335 e. The van der Waals surface area contributed by atoms with E-state index in [-0.39, 0.29) is 16.4 Å². The van der Waals surface area contributed by atoms with Crippen LogP contribution in [0, 0.1) is 0 Å². The van der Waals surface area contributed by atoms with Gasteiger partial charge in [-0.3, -0.25) is 0 Å². The van der Waals surface area contributed by atoms with Gasteiger partial charge >= 0.3 is 5.97 Å². The number of fused-ring (bicyclic) bond motifs is 1. The van der Waals surface area contributed by atoms with E-state index in [0.717, 1.165) is 18.4 Å². The molecule has 0 fully saturated rings. The Morgan fingerprint density at radius 2 is 1.44 bits per heavy atom. The molecule has 2 aromatic rings. The molecule has 1 atom stereocenters. The van der Waals surface area contributed by atoms with E-state index in [2.05, 4.69) is 39.8 Å². The van der Waals surface area contributed by atoms with Crippen molar-refractivity contribution in [3.05, 3.63) is 70.3 Å². The van der Waals surface area contributed by atoms with Gasteiger partial charge in [0, 0.05) is 0 Å². The lowest BCUT2D eigenvalue weighted by Gasteiger charge is -2.42. The molecule has 0 spiro atoms. The third-order valence-electron chi connectivity index (χ3n) is 5.86. The predicted octanol–water partition coefficient (Wildman–Crippen LogP) is 5.19. The van der Waals surface area contributed by atoms with Gasteiger partial charge in [0.1, 0.15) is 6.10 Å². The molecule has 0 amide bonds. The van der Waals surface area contributed by atoms with Crippen LogP contribution in [0.4, 0.5) is 0 Å². The Kier molecular flexibility index (Phi) is 5.00. The lowest BCUT2D eigenvalue weighted by Crippen LogP contribution is -2.34.